The van der Waals surface area contributed by atoms with Gasteiger partial charge in [0.25, 0.3) is 5.91 Å². The Morgan fingerprint density at radius 3 is 2.83 bits per heavy atom. The second-order valence-corrected chi connectivity index (χ2v) is 4.35. The third kappa shape index (κ3) is 2.21. The number of carbonyl (C=O) groups is 2. The van der Waals surface area contributed by atoms with Gasteiger partial charge in [0, 0.05) is 26.7 Å². The molecular formula is C11H16N4O3. The summed E-state index contributed by atoms with van der Waals surface area (Å²) in [6.45, 7) is 3.06. The van der Waals surface area contributed by atoms with E-state index >= 15 is 0 Å². The Bertz CT molecular complexity index is 483. The molecule has 1 atom stereocenters. The van der Waals surface area contributed by atoms with Gasteiger partial charge in [0.15, 0.2) is 0 Å². The van der Waals surface area contributed by atoms with Crippen LogP contribution in [0.1, 0.15) is 16.2 Å². The molecule has 2 N–H and O–H groups in total. The van der Waals surface area contributed by atoms with Gasteiger partial charge in [0.1, 0.15) is 11.7 Å². The Labute approximate surface area is 104 Å². The molecule has 1 aromatic heterocycles. The molecule has 0 saturated carbocycles. The van der Waals surface area contributed by atoms with Crippen LogP contribution < -0.4 is 5.32 Å². The van der Waals surface area contributed by atoms with Crippen LogP contribution in [0.4, 0.5) is 0 Å². The van der Waals surface area contributed by atoms with Gasteiger partial charge in [0.05, 0.1) is 5.69 Å². The Morgan fingerprint density at radius 1 is 1.56 bits per heavy atom. The fourth-order valence-corrected chi connectivity index (χ4v) is 2.13. The van der Waals surface area contributed by atoms with Crippen molar-refractivity contribution in [2.45, 2.75) is 13.0 Å². The van der Waals surface area contributed by atoms with E-state index in [9.17, 15) is 9.59 Å². The first-order valence-corrected chi connectivity index (χ1v) is 5.76. The Kier molecular flexibility index (Phi) is 3.33. The first-order chi connectivity index (χ1) is 8.50. The monoisotopic (exact) mass is 252 g/mol. The van der Waals surface area contributed by atoms with Gasteiger partial charge in [-0.2, -0.15) is 5.10 Å². The van der Waals surface area contributed by atoms with Crippen LogP contribution in [0.3, 0.4) is 0 Å². The van der Waals surface area contributed by atoms with E-state index in [1.54, 1.807) is 20.0 Å². The Balaban J connectivity index is 2.26. The lowest BCUT2D eigenvalue weighted by Gasteiger charge is -2.33. The first kappa shape index (κ1) is 12.6. The van der Waals surface area contributed by atoms with Crippen molar-refractivity contribution < 1.29 is 14.7 Å². The number of nitrogens with one attached hydrogen (secondary N) is 1. The Morgan fingerprint density at radius 2 is 2.28 bits per heavy atom. The zero-order valence-electron chi connectivity index (χ0n) is 10.4. The van der Waals surface area contributed by atoms with Gasteiger partial charge in [-0.3, -0.25) is 9.48 Å². The molecule has 1 amide bonds. The van der Waals surface area contributed by atoms with Crippen molar-refractivity contribution in [3.05, 3.63) is 17.5 Å². The van der Waals surface area contributed by atoms with E-state index in [-0.39, 0.29) is 12.5 Å². The van der Waals surface area contributed by atoms with E-state index in [4.69, 9.17) is 5.11 Å². The molecule has 1 aromatic rings. The fraction of sp³-hybridized carbons (Fsp3) is 0.545. The number of aliphatic carboxylic acids is 1. The SMILES string of the molecule is Cc1cc(C(=O)N2CCNCC2C(=O)O)n(C)n1. The number of carbonyl (C=O) groups excluding carboxylic acids is 1. The van der Waals surface area contributed by atoms with Gasteiger partial charge in [0.2, 0.25) is 0 Å². The first-order valence-electron chi connectivity index (χ1n) is 5.76. The Hall–Kier alpha value is -1.89. The molecule has 2 heterocycles. The van der Waals surface area contributed by atoms with Crippen LogP contribution in [0, 0.1) is 6.92 Å². The predicted octanol–water partition coefficient (Wildman–Crippen LogP) is -0.773. The molecule has 1 saturated heterocycles. The smallest absolute Gasteiger partial charge is 0.327 e. The number of carboxylic acids is 1. The van der Waals surface area contributed by atoms with Crippen LogP contribution in [-0.4, -0.2) is 57.3 Å². The van der Waals surface area contributed by atoms with Crippen molar-refractivity contribution in [2.24, 2.45) is 7.05 Å². The standard InChI is InChI=1S/C11H16N4O3/c1-7-5-8(14(2)13-7)10(16)15-4-3-12-6-9(15)11(17)18/h5,9,12H,3-4,6H2,1-2H3,(H,17,18). The molecule has 1 aliphatic rings. The second-order valence-electron chi connectivity index (χ2n) is 4.35. The second kappa shape index (κ2) is 4.77. The highest BCUT2D eigenvalue weighted by Gasteiger charge is 2.33. The zero-order chi connectivity index (χ0) is 13.3. The highest BCUT2D eigenvalue weighted by molar-refractivity contribution is 5.95. The lowest BCUT2D eigenvalue weighted by atomic mass is 10.1. The summed E-state index contributed by atoms with van der Waals surface area (Å²) >= 11 is 0. The van der Waals surface area contributed by atoms with Crippen molar-refractivity contribution in [2.75, 3.05) is 19.6 Å². The molecule has 0 spiro atoms. The maximum atomic E-state index is 12.3. The summed E-state index contributed by atoms with van der Waals surface area (Å²) in [7, 11) is 1.68. The summed E-state index contributed by atoms with van der Waals surface area (Å²) in [6.07, 6.45) is 0. The quantitative estimate of drug-likeness (QED) is 0.721. The summed E-state index contributed by atoms with van der Waals surface area (Å²) in [6, 6.07) is 0.852. The summed E-state index contributed by atoms with van der Waals surface area (Å²) < 4.78 is 1.48. The lowest BCUT2D eigenvalue weighted by Crippen LogP contribution is -2.57. The van der Waals surface area contributed by atoms with Crippen molar-refractivity contribution in [3.8, 4) is 0 Å². The minimum Gasteiger partial charge on any atom is -0.480 e. The number of piperazine rings is 1. The van der Waals surface area contributed by atoms with E-state index in [1.807, 2.05) is 0 Å². The molecule has 2 rings (SSSR count). The highest BCUT2D eigenvalue weighted by Crippen LogP contribution is 2.11. The molecule has 0 radical (unpaired) electrons. The molecule has 0 aromatic carbocycles. The topological polar surface area (TPSA) is 87.5 Å². The number of aromatic nitrogens is 2. The van der Waals surface area contributed by atoms with Gasteiger partial charge in [-0.25, -0.2) is 4.79 Å². The minimum atomic E-state index is -0.991. The number of aryl methyl sites for hydroxylation is 2. The summed E-state index contributed by atoms with van der Waals surface area (Å²) in [5.41, 5.74) is 1.16. The van der Waals surface area contributed by atoms with E-state index in [0.717, 1.165) is 5.69 Å². The van der Waals surface area contributed by atoms with Crippen molar-refractivity contribution in [3.63, 3.8) is 0 Å². The molecule has 18 heavy (non-hydrogen) atoms. The summed E-state index contributed by atoms with van der Waals surface area (Å²) in [5.74, 6) is -1.28. The minimum absolute atomic E-state index is 0.276. The molecule has 1 aliphatic heterocycles. The average molecular weight is 252 g/mol. The van der Waals surface area contributed by atoms with Crippen LogP contribution in [0.15, 0.2) is 6.07 Å². The molecule has 0 bridgehead atoms. The largest absolute Gasteiger partial charge is 0.480 e. The molecule has 0 aliphatic carbocycles. The lowest BCUT2D eigenvalue weighted by molar-refractivity contribution is -0.142. The van der Waals surface area contributed by atoms with Crippen LogP contribution in [0.5, 0.6) is 0 Å². The van der Waals surface area contributed by atoms with Crippen molar-refractivity contribution >= 4 is 11.9 Å². The number of carboxylic acid groups (broad SMARTS) is 1. The van der Waals surface area contributed by atoms with Gasteiger partial charge in [-0.1, -0.05) is 0 Å². The summed E-state index contributed by atoms with van der Waals surface area (Å²) in [5, 5.41) is 16.2. The normalized spacial score (nSPS) is 19.9. The predicted molar refractivity (Wildman–Crippen MR) is 63.3 cm³/mol. The zero-order valence-corrected chi connectivity index (χ0v) is 10.4. The van der Waals surface area contributed by atoms with Gasteiger partial charge < -0.3 is 15.3 Å². The maximum absolute atomic E-state index is 12.3. The van der Waals surface area contributed by atoms with Crippen LogP contribution >= 0.6 is 0 Å². The van der Waals surface area contributed by atoms with Crippen molar-refractivity contribution in [1.29, 1.82) is 0 Å². The average Bonchev–Trinajstić information content (AvgIpc) is 2.67. The number of rotatable bonds is 2. The molecule has 98 valence electrons. The van der Waals surface area contributed by atoms with Crippen LogP contribution in [-0.2, 0) is 11.8 Å². The van der Waals surface area contributed by atoms with Gasteiger partial charge in [-0.05, 0) is 13.0 Å². The fourth-order valence-electron chi connectivity index (χ4n) is 2.13. The molecule has 7 nitrogen and oxygen atoms in total. The van der Waals surface area contributed by atoms with E-state index < -0.39 is 12.0 Å². The third-order valence-electron chi connectivity index (χ3n) is 3.01. The van der Waals surface area contributed by atoms with E-state index in [0.29, 0.717) is 18.8 Å². The van der Waals surface area contributed by atoms with E-state index in [1.165, 1.54) is 9.58 Å². The van der Waals surface area contributed by atoms with Crippen LogP contribution in [0.25, 0.3) is 0 Å². The van der Waals surface area contributed by atoms with Gasteiger partial charge in [-0.15, -0.1) is 0 Å². The highest BCUT2D eigenvalue weighted by atomic mass is 16.4. The third-order valence-corrected chi connectivity index (χ3v) is 3.01. The maximum Gasteiger partial charge on any atom is 0.327 e. The number of amides is 1. The van der Waals surface area contributed by atoms with Crippen LogP contribution in [0.2, 0.25) is 0 Å². The van der Waals surface area contributed by atoms with Crippen molar-refractivity contribution in [1.82, 2.24) is 20.0 Å². The molecule has 7 heteroatoms. The van der Waals surface area contributed by atoms with Gasteiger partial charge >= 0.3 is 5.97 Å². The number of nitrogens with zero attached hydrogens (tertiary/aromatic N) is 3. The molecule has 1 unspecified atom stereocenters. The number of hydrogen-bond donors (Lipinski definition) is 2. The molecular weight excluding hydrogens is 236 g/mol. The van der Waals surface area contributed by atoms with E-state index in [2.05, 4.69) is 10.4 Å². The molecule has 1 fully saturated rings. The number of hydrogen-bond acceptors (Lipinski definition) is 4. The summed E-state index contributed by atoms with van der Waals surface area (Å²) in [4.78, 5) is 24.8.